The highest BCUT2D eigenvalue weighted by molar-refractivity contribution is 5.68. The van der Waals surface area contributed by atoms with Crippen LogP contribution < -0.4 is 0 Å². The third-order valence-corrected chi connectivity index (χ3v) is 3.05. The number of carbonyl (C=O) groups is 1. The minimum atomic E-state index is -0.690. The molecular weight excluding hydrogens is 176 g/mol. The van der Waals surface area contributed by atoms with Crippen LogP contribution in [0.4, 0.5) is 0 Å². The number of hydrogen-bond acceptors (Lipinski definition) is 1. The standard InChI is InChI=1S/C12H14O2/c1-8-3-2-4-11-9(7-12(13)14)5-6-10(8)11/h2-4,9H,5-7H2,1H3,(H,13,14). The Kier molecular flexibility index (Phi) is 2.28. The van der Waals surface area contributed by atoms with Crippen LogP contribution in [0.1, 0.15) is 35.4 Å². The Balaban J connectivity index is 2.30. The first-order chi connectivity index (χ1) is 6.68. The van der Waals surface area contributed by atoms with E-state index >= 15 is 0 Å². The number of aliphatic carboxylic acids is 1. The lowest BCUT2D eigenvalue weighted by Gasteiger charge is -2.08. The molecule has 1 N–H and O–H groups in total. The van der Waals surface area contributed by atoms with E-state index in [1.165, 1.54) is 16.7 Å². The Bertz CT molecular complexity index is 369. The smallest absolute Gasteiger partial charge is 0.303 e. The van der Waals surface area contributed by atoms with Crippen LogP contribution in [0.2, 0.25) is 0 Å². The molecule has 2 rings (SSSR count). The van der Waals surface area contributed by atoms with Crippen molar-refractivity contribution in [1.29, 1.82) is 0 Å². The summed E-state index contributed by atoms with van der Waals surface area (Å²) in [5, 5.41) is 8.77. The normalized spacial score (nSPS) is 19.4. The van der Waals surface area contributed by atoms with Gasteiger partial charge in [-0.3, -0.25) is 4.79 Å². The van der Waals surface area contributed by atoms with Gasteiger partial charge in [0.05, 0.1) is 6.42 Å². The summed E-state index contributed by atoms with van der Waals surface area (Å²) in [5.41, 5.74) is 3.93. The van der Waals surface area contributed by atoms with Crippen molar-refractivity contribution < 1.29 is 9.90 Å². The molecule has 2 nitrogen and oxygen atoms in total. The fourth-order valence-electron chi connectivity index (χ4n) is 2.35. The van der Waals surface area contributed by atoms with Crippen LogP contribution in [0.5, 0.6) is 0 Å². The van der Waals surface area contributed by atoms with Crippen molar-refractivity contribution in [1.82, 2.24) is 0 Å². The molecule has 1 atom stereocenters. The molecule has 0 heterocycles. The molecule has 0 bridgehead atoms. The Labute approximate surface area is 83.6 Å². The van der Waals surface area contributed by atoms with Crippen LogP contribution in [-0.4, -0.2) is 11.1 Å². The minimum Gasteiger partial charge on any atom is -0.481 e. The number of fused-ring (bicyclic) bond motifs is 1. The Morgan fingerprint density at radius 1 is 1.57 bits per heavy atom. The van der Waals surface area contributed by atoms with Crippen LogP contribution in [0.3, 0.4) is 0 Å². The molecule has 0 fully saturated rings. The van der Waals surface area contributed by atoms with Crippen molar-refractivity contribution in [3.8, 4) is 0 Å². The molecule has 1 aromatic carbocycles. The van der Waals surface area contributed by atoms with Gasteiger partial charge in [0, 0.05) is 0 Å². The maximum atomic E-state index is 10.7. The number of aryl methyl sites for hydroxylation is 1. The molecule has 0 radical (unpaired) electrons. The summed E-state index contributed by atoms with van der Waals surface area (Å²) in [5.74, 6) is -0.452. The second-order valence-electron chi connectivity index (χ2n) is 3.98. The third-order valence-electron chi connectivity index (χ3n) is 3.05. The summed E-state index contributed by atoms with van der Waals surface area (Å²) in [6.07, 6.45) is 2.31. The van der Waals surface area contributed by atoms with Crippen LogP contribution in [0.25, 0.3) is 0 Å². The second-order valence-corrected chi connectivity index (χ2v) is 3.98. The Hall–Kier alpha value is -1.31. The maximum absolute atomic E-state index is 10.7. The fraction of sp³-hybridized carbons (Fsp3) is 0.417. The van der Waals surface area contributed by atoms with E-state index in [2.05, 4.69) is 19.1 Å². The number of rotatable bonds is 2. The minimum absolute atomic E-state index is 0.238. The molecule has 0 saturated heterocycles. The van der Waals surface area contributed by atoms with Crippen LogP contribution in [0, 0.1) is 6.92 Å². The zero-order valence-electron chi connectivity index (χ0n) is 8.29. The first-order valence-corrected chi connectivity index (χ1v) is 4.98. The molecule has 2 heteroatoms. The van der Waals surface area contributed by atoms with Crippen molar-refractivity contribution in [3.05, 3.63) is 34.9 Å². The van der Waals surface area contributed by atoms with E-state index in [1.54, 1.807) is 0 Å². The molecule has 1 unspecified atom stereocenters. The lowest BCUT2D eigenvalue weighted by molar-refractivity contribution is -0.137. The molecular formula is C12H14O2. The highest BCUT2D eigenvalue weighted by atomic mass is 16.4. The first kappa shape index (κ1) is 9.25. The van der Waals surface area contributed by atoms with Gasteiger partial charge in [-0.2, -0.15) is 0 Å². The molecule has 1 aliphatic carbocycles. The average Bonchev–Trinajstić information content (AvgIpc) is 2.49. The van der Waals surface area contributed by atoms with Crippen LogP contribution >= 0.6 is 0 Å². The van der Waals surface area contributed by atoms with Crippen molar-refractivity contribution in [2.75, 3.05) is 0 Å². The van der Waals surface area contributed by atoms with E-state index in [0.717, 1.165) is 12.8 Å². The highest BCUT2D eigenvalue weighted by Gasteiger charge is 2.25. The van der Waals surface area contributed by atoms with Gasteiger partial charge >= 0.3 is 5.97 Å². The predicted octanol–water partition coefficient (Wildman–Crippen LogP) is 2.50. The monoisotopic (exact) mass is 190 g/mol. The summed E-state index contributed by atoms with van der Waals surface area (Å²) in [7, 11) is 0. The summed E-state index contributed by atoms with van der Waals surface area (Å²) < 4.78 is 0. The number of benzene rings is 1. The molecule has 0 spiro atoms. The zero-order valence-corrected chi connectivity index (χ0v) is 8.29. The van der Waals surface area contributed by atoms with Crippen molar-refractivity contribution in [3.63, 3.8) is 0 Å². The molecule has 1 aromatic rings. The number of hydrogen-bond donors (Lipinski definition) is 1. The van der Waals surface area contributed by atoms with E-state index in [0.29, 0.717) is 0 Å². The van der Waals surface area contributed by atoms with Gasteiger partial charge in [0.1, 0.15) is 0 Å². The van der Waals surface area contributed by atoms with E-state index in [9.17, 15) is 4.79 Å². The van der Waals surface area contributed by atoms with Crippen molar-refractivity contribution >= 4 is 5.97 Å². The zero-order chi connectivity index (χ0) is 10.1. The summed E-state index contributed by atoms with van der Waals surface area (Å²) in [6, 6.07) is 6.19. The average molecular weight is 190 g/mol. The van der Waals surface area contributed by atoms with Crippen LogP contribution in [0.15, 0.2) is 18.2 Å². The van der Waals surface area contributed by atoms with E-state index < -0.39 is 5.97 Å². The molecule has 0 saturated carbocycles. The van der Waals surface area contributed by atoms with E-state index in [1.807, 2.05) is 6.07 Å². The van der Waals surface area contributed by atoms with E-state index in [-0.39, 0.29) is 12.3 Å². The van der Waals surface area contributed by atoms with Gasteiger partial charge in [0.2, 0.25) is 0 Å². The lowest BCUT2D eigenvalue weighted by atomic mass is 9.96. The van der Waals surface area contributed by atoms with Gasteiger partial charge in [-0.1, -0.05) is 18.2 Å². The Morgan fingerprint density at radius 2 is 2.36 bits per heavy atom. The molecule has 14 heavy (non-hydrogen) atoms. The molecule has 0 aliphatic heterocycles. The summed E-state index contributed by atoms with van der Waals surface area (Å²) in [6.45, 7) is 2.10. The molecule has 74 valence electrons. The highest BCUT2D eigenvalue weighted by Crippen LogP contribution is 2.36. The van der Waals surface area contributed by atoms with Crippen molar-refractivity contribution in [2.24, 2.45) is 0 Å². The first-order valence-electron chi connectivity index (χ1n) is 4.98. The quantitative estimate of drug-likeness (QED) is 0.778. The third kappa shape index (κ3) is 1.52. The van der Waals surface area contributed by atoms with Gasteiger partial charge in [-0.15, -0.1) is 0 Å². The number of carboxylic acids is 1. The SMILES string of the molecule is Cc1cccc2c1CCC2CC(=O)O. The largest absolute Gasteiger partial charge is 0.481 e. The van der Waals surface area contributed by atoms with Gasteiger partial charge < -0.3 is 5.11 Å². The fourth-order valence-corrected chi connectivity index (χ4v) is 2.35. The van der Waals surface area contributed by atoms with Crippen molar-refractivity contribution in [2.45, 2.75) is 32.1 Å². The maximum Gasteiger partial charge on any atom is 0.303 e. The van der Waals surface area contributed by atoms with Gasteiger partial charge in [0.15, 0.2) is 0 Å². The molecule has 0 aromatic heterocycles. The van der Waals surface area contributed by atoms with Gasteiger partial charge in [-0.25, -0.2) is 0 Å². The topological polar surface area (TPSA) is 37.3 Å². The summed E-state index contributed by atoms with van der Waals surface area (Å²) in [4.78, 5) is 10.7. The molecule has 0 amide bonds. The molecule has 1 aliphatic rings. The summed E-state index contributed by atoms with van der Waals surface area (Å²) >= 11 is 0. The van der Waals surface area contributed by atoms with E-state index in [4.69, 9.17) is 5.11 Å². The van der Waals surface area contributed by atoms with Crippen LogP contribution in [-0.2, 0) is 11.2 Å². The van der Waals surface area contributed by atoms with Gasteiger partial charge in [0.25, 0.3) is 0 Å². The second kappa shape index (κ2) is 3.45. The van der Waals surface area contributed by atoms with Gasteiger partial charge in [-0.05, 0) is 42.4 Å². The Morgan fingerprint density at radius 3 is 3.07 bits per heavy atom. The predicted molar refractivity (Wildman–Crippen MR) is 54.5 cm³/mol. The number of carboxylic acid groups (broad SMARTS) is 1. The lowest BCUT2D eigenvalue weighted by Crippen LogP contribution is -2.03.